The van der Waals surface area contributed by atoms with Crippen LogP contribution in [-0.4, -0.2) is 78.6 Å². The lowest BCUT2D eigenvalue weighted by atomic mass is 9.93. The van der Waals surface area contributed by atoms with E-state index in [2.05, 4.69) is 16.7 Å². The van der Waals surface area contributed by atoms with E-state index in [-0.39, 0.29) is 12.0 Å². The molecule has 1 aliphatic carbocycles. The fourth-order valence-electron chi connectivity index (χ4n) is 4.60. The van der Waals surface area contributed by atoms with E-state index < -0.39 is 0 Å². The summed E-state index contributed by atoms with van der Waals surface area (Å²) in [5.74, 6) is 1.36. The predicted octanol–water partition coefficient (Wildman–Crippen LogP) is 2.97. The van der Waals surface area contributed by atoms with Gasteiger partial charge in [0.2, 0.25) is 5.91 Å². The van der Waals surface area contributed by atoms with Crippen molar-refractivity contribution < 1.29 is 14.3 Å². The van der Waals surface area contributed by atoms with Gasteiger partial charge in [-0.1, -0.05) is 0 Å². The molecule has 1 saturated carbocycles. The largest absolute Gasteiger partial charge is 0.450 e. The van der Waals surface area contributed by atoms with Gasteiger partial charge in [0, 0.05) is 38.1 Å². The molecule has 2 aliphatic heterocycles. The quantitative estimate of drug-likeness (QED) is 0.712. The van der Waals surface area contributed by atoms with Gasteiger partial charge in [-0.2, -0.15) is 0 Å². The van der Waals surface area contributed by atoms with Gasteiger partial charge >= 0.3 is 6.09 Å². The molecule has 3 aliphatic rings. The topological polar surface area (TPSA) is 53.1 Å². The molecule has 0 spiro atoms. The summed E-state index contributed by atoms with van der Waals surface area (Å²) in [6, 6.07) is 0.536. The Balaban J connectivity index is 1.44. The second-order valence-electron chi connectivity index (χ2n) is 8.40. The van der Waals surface area contributed by atoms with Crippen LogP contribution in [0.4, 0.5) is 4.79 Å². The van der Waals surface area contributed by atoms with E-state index in [1.165, 1.54) is 12.8 Å². The molecule has 3 fully saturated rings. The van der Waals surface area contributed by atoms with Gasteiger partial charge in [0.05, 0.1) is 6.61 Å². The first-order chi connectivity index (χ1) is 13.1. The molecule has 0 bridgehead atoms. The molecule has 0 radical (unpaired) electrons. The number of amides is 2. The van der Waals surface area contributed by atoms with E-state index in [0.717, 1.165) is 77.3 Å². The lowest BCUT2D eigenvalue weighted by Gasteiger charge is -2.38. The number of carbonyl (C=O) groups is 2. The third-order valence-corrected chi connectivity index (χ3v) is 6.49. The fourth-order valence-corrected chi connectivity index (χ4v) is 4.60. The molecular weight excluding hydrogens is 342 g/mol. The average molecular weight is 380 g/mol. The summed E-state index contributed by atoms with van der Waals surface area (Å²) in [6.07, 6.45) is 7.58. The van der Waals surface area contributed by atoms with Crippen LogP contribution in [0.2, 0.25) is 0 Å². The van der Waals surface area contributed by atoms with Crippen LogP contribution in [0.5, 0.6) is 0 Å². The molecule has 0 aromatic heterocycles. The maximum atomic E-state index is 12.9. The average Bonchev–Trinajstić information content (AvgIpc) is 3.52. The minimum atomic E-state index is -0.169. The third kappa shape index (κ3) is 5.59. The Morgan fingerprint density at radius 2 is 1.70 bits per heavy atom. The minimum Gasteiger partial charge on any atom is -0.450 e. The summed E-state index contributed by atoms with van der Waals surface area (Å²) in [6.45, 7) is 9.84. The Labute approximate surface area is 164 Å². The van der Waals surface area contributed by atoms with Crippen molar-refractivity contribution in [1.29, 1.82) is 0 Å². The minimum absolute atomic E-state index is 0.169. The number of nitrogens with zero attached hydrogens (tertiary/aromatic N) is 3. The van der Waals surface area contributed by atoms with Crippen LogP contribution in [0.15, 0.2) is 0 Å². The molecule has 2 heterocycles. The van der Waals surface area contributed by atoms with Gasteiger partial charge in [-0.3, -0.25) is 4.79 Å². The number of ether oxygens (including phenoxy) is 1. The first-order valence-corrected chi connectivity index (χ1v) is 11.1. The molecule has 0 N–H and O–H groups in total. The summed E-state index contributed by atoms with van der Waals surface area (Å²) in [7, 11) is 0. The van der Waals surface area contributed by atoms with Gasteiger partial charge in [-0.15, -0.1) is 0 Å². The van der Waals surface area contributed by atoms with Crippen LogP contribution in [0.1, 0.15) is 58.8 Å². The number of rotatable bonds is 6. The van der Waals surface area contributed by atoms with Gasteiger partial charge in [0.25, 0.3) is 0 Å². The van der Waals surface area contributed by atoms with Gasteiger partial charge in [0.15, 0.2) is 0 Å². The van der Waals surface area contributed by atoms with Crippen molar-refractivity contribution in [3.05, 3.63) is 0 Å². The molecular formula is C21H37N3O3. The summed E-state index contributed by atoms with van der Waals surface area (Å²) >= 11 is 0. The molecule has 1 unspecified atom stereocenters. The standard InChI is InChI=1S/C21H37N3O3/c1-3-22(16-17-7-8-17)20(25)18-9-13-23(14-10-18)19-6-5-12-24(15-11-19)21(26)27-4-2/h17-19H,3-16H2,1-2H3. The Hall–Kier alpha value is -1.30. The van der Waals surface area contributed by atoms with E-state index in [9.17, 15) is 9.59 Å². The summed E-state index contributed by atoms with van der Waals surface area (Å²) in [4.78, 5) is 31.4. The van der Waals surface area contributed by atoms with Crippen LogP contribution < -0.4 is 0 Å². The van der Waals surface area contributed by atoms with Crippen molar-refractivity contribution in [2.45, 2.75) is 64.8 Å². The van der Waals surface area contributed by atoms with Crippen molar-refractivity contribution >= 4 is 12.0 Å². The molecule has 6 nitrogen and oxygen atoms in total. The summed E-state index contributed by atoms with van der Waals surface area (Å²) < 4.78 is 5.15. The maximum Gasteiger partial charge on any atom is 0.409 e. The Bertz CT molecular complexity index is 501. The molecule has 1 atom stereocenters. The zero-order valence-corrected chi connectivity index (χ0v) is 17.2. The van der Waals surface area contributed by atoms with E-state index >= 15 is 0 Å². The van der Waals surface area contributed by atoms with Gasteiger partial charge in [-0.05, 0) is 77.8 Å². The fraction of sp³-hybridized carbons (Fsp3) is 0.905. The number of hydrogen-bond donors (Lipinski definition) is 0. The highest BCUT2D eigenvalue weighted by atomic mass is 16.6. The lowest BCUT2D eigenvalue weighted by molar-refractivity contribution is -0.137. The van der Waals surface area contributed by atoms with E-state index in [0.29, 0.717) is 18.6 Å². The predicted molar refractivity (Wildman–Crippen MR) is 106 cm³/mol. The first-order valence-electron chi connectivity index (χ1n) is 11.1. The van der Waals surface area contributed by atoms with Crippen LogP contribution in [0.25, 0.3) is 0 Å². The van der Waals surface area contributed by atoms with Crippen molar-refractivity contribution in [3.63, 3.8) is 0 Å². The molecule has 27 heavy (non-hydrogen) atoms. The lowest BCUT2D eigenvalue weighted by Crippen LogP contribution is -2.46. The molecule has 154 valence electrons. The molecule has 2 saturated heterocycles. The molecule has 3 rings (SSSR count). The summed E-state index contributed by atoms with van der Waals surface area (Å²) in [5.41, 5.74) is 0. The zero-order chi connectivity index (χ0) is 19.2. The van der Waals surface area contributed by atoms with E-state index in [1.807, 2.05) is 11.8 Å². The monoisotopic (exact) mass is 379 g/mol. The van der Waals surface area contributed by atoms with Gasteiger partial charge < -0.3 is 19.4 Å². The molecule has 6 heteroatoms. The van der Waals surface area contributed by atoms with E-state index in [1.54, 1.807) is 0 Å². The van der Waals surface area contributed by atoms with Crippen LogP contribution >= 0.6 is 0 Å². The highest BCUT2D eigenvalue weighted by Gasteiger charge is 2.33. The van der Waals surface area contributed by atoms with Gasteiger partial charge in [-0.25, -0.2) is 4.79 Å². The normalized spacial score (nSPS) is 25.1. The Morgan fingerprint density at radius 3 is 2.33 bits per heavy atom. The van der Waals surface area contributed by atoms with Crippen LogP contribution in [0, 0.1) is 11.8 Å². The zero-order valence-electron chi connectivity index (χ0n) is 17.2. The van der Waals surface area contributed by atoms with Crippen molar-refractivity contribution in [2.75, 3.05) is 45.9 Å². The smallest absolute Gasteiger partial charge is 0.409 e. The van der Waals surface area contributed by atoms with Crippen LogP contribution in [-0.2, 0) is 9.53 Å². The summed E-state index contributed by atoms with van der Waals surface area (Å²) in [5, 5.41) is 0. The van der Waals surface area contributed by atoms with Gasteiger partial charge in [0.1, 0.15) is 0 Å². The molecule has 0 aromatic carbocycles. The maximum absolute atomic E-state index is 12.9. The van der Waals surface area contributed by atoms with E-state index in [4.69, 9.17) is 4.74 Å². The second-order valence-corrected chi connectivity index (χ2v) is 8.40. The Kier molecular flexibility index (Phi) is 7.39. The second kappa shape index (κ2) is 9.76. The van der Waals surface area contributed by atoms with Crippen molar-refractivity contribution in [2.24, 2.45) is 11.8 Å². The van der Waals surface area contributed by atoms with Crippen molar-refractivity contribution in [1.82, 2.24) is 14.7 Å². The molecule has 2 amide bonds. The third-order valence-electron chi connectivity index (χ3n) is 6.49. The number of likely N-dealkylation sites (tertiary alicyclic amines) is 2. The Morgan fingerprint density at radius 1 is 0.963 bits per heavy atom. The first kappa shape index (κ1) is 20.4. The SMILES string of the molecule is CCOC(=O)N1CCCC(N2CCC(C(=O)N(CC)CC3CC3)CC2)CC1. The number of piperidine rings is 1. The highest BCUT2D eigenvalue weighted by Crippen LogP contribution is 2.31. The number of hydrogen-bond acceptors (Lipinski definition) is 4. The molecule has 0 aromatic rings. The number of carbonyl (C=O) groups excluding carboxylic acids is 2. The highest BCUT2D eigenvalue weighted by molar-refractivity contribution is 5.79. The van der Waals surface area contributed by atoms with Crippen molar-refractivity contribution in [3.8, 4) is 0 Å². The van der Waals surface area contributed by atoms with Crippen LogP contribution in [0.3, 0.4) is 0 Å².